The molecule has 0 aliphatic rings. The van der Waals surface area contributed by atoms with E-state index in [1.165, 1.54) is 10.4 Å². The van der Waals surface area contributed by atoms with Crippen LogP contribution in [0.15, 0.2) is 47.6 Å². The van der Waals surface area contributed by atoms with E-state index in [1.54, 1.807) is 13.3 Å². The van der Waals surface area contributed by atoms with Gasteiger partial charge in [-0.1, -0.05) is 42.5 Å². The lowest BCUT2D eigenvalue weighted by molar-refractivity contribution is 0.552. The van der Waals surface area contributed by atoms with E-state index in [0.717, 1.165) is 10.9 Å². The van der Waals surface area contributed by atoms with Gasteiger partial charge < -0.3 is 5.73 Å². The van der Waals surface area contributed by atoms with Crippen LogP contribution in [0, 0.1) is 0 Å². The summed E-state index contributed by atoms with van der Waals surface area (Å²) in [6.07, 6.45) is 1.77. The predicted molar refractivity (Wildman–Crippen MR) is 76.1 cm³/mol. The number of nitrogens with two attached hydrogens (primary N) is 1. The Balaban J connectivity index is 2.39. The standard InChI is InChI=1S/C13H13N3S/c1-16(13(14)17)15-9-11-7-4-6-10-5-2-3-8-12(10)11/h2-9H,1H3,(H2,14,17)/b15-9+. The van der Waals surface area contributed by atoms with Gasteiger partial charge in [-0.05, 0) is 23.0 Å². The van der Waals surface area contributed by atoms with E-state index >= 15 is 0 Å². The van der Waals surface area contributed by atoms with E-state index < -0.39 is 0 Å². The van der Waals surface area contributed by atoms with Crippen molar-refractivity contribution in [2.45, 2.75) is 0 Å². The molecule has 0 aliphatic carbocycles. The third-order valence-corrected chi connectivity index (χ3v) is 2.78. The Morgan fingerprint density at radius 3 is 2.71 bits per heavy atom. The molecule has 4 heteroatoms. The summed E-state index contributed by atoms with van der Waals surface area (Å²) in [4.78, 5) is 0. The zero-order chi connectivity index (χ0) is 12.3. The number of fused-ring (bicyclic) bond motifs is 1. The van der Waals surface area contributed by atoms with Crippen LogP contribution in [0.5, 0.6) is 0 Å². The van der Waals surface area contributed by atoms with Crippen molar-refractivity contribution in [1.29, 1.82) is 0 Å². The van der Waals surface area contributed by atoms with Crippen LogP contribution in [-0.4, -0.2) is 23.4 Å². The van der Waals surface area contributed by atoms with E-state index in [9.17, 15) is 0 Å². The number of nitrogens with zero attached hydrogens (tertiary/aromatic N) is 2. The van der Waals surface area contributed by atoms with Crippen LogP contribution in [0.2, 0.25) is 0 Å². The molecule has 2 N–H and O–H groups in total. The largest absolute Gasteiger partial charge is 0.375 e. The molecule has 0 amide bonds. The van der Waals surface area contributed by atoms with Gasteiger partial charge in [0.15, 0.2) is 5.11 Å². The third-order valence-electron chi connectivity index (χ3n) is 2.51. The first-order valence-electron chi connectivity index (χ1n) is 5.23. The first-order valence-corrected chi connectivity index (χ1v) is 5.64. The first kappa shape index (κ1) is 11.5. The van der Waals surface area contributed by atoms with E-state index in [1.807, 2.05) is 24.3 Å². The van der Waals surface area contributed by atoms with Crippen molar-refractivity contribution in [2.75, 3.05) is 7.05 Å². The molecule has 17 heavy (non-hydrogen) atoms. The Hall–Kier alpha value is -1.94. The monoisotopic (exact) mass is 243 g/mol. The quantitative estimate of drug-likeness (QED) is 0.500. The van der Waals surface area contributed by atoms with Crippen LogP contribution >= 0.6 is 12.2 Å². The maximum atomic E-state index is 5.46. The summed E-state index contributed by atoms with van der Waals surface area (Å²) in [6, 6.07) is 14.3. The zero-order valence-corrected chi connectivity index (χ0v) is 10.3. The summed E-state index contributed by atoms with van der Waals surface area (Å²) in [5.41, 5.74) is 6.50. The van der Waals surface area contributed by atoms with Crippen molar-refractivity contribution in [1.82, 2.24) is 5.01 Å². The van der Waals surface area contributed by atoms with E-state index in [-0.39, 0.29) is 5.11 Å². The fraction of sp³-hybridized carbons (Fsp3) is 0.0769. The summed E-state index contributed by atoms with van der Waals surface area (Å²) in [5.74, 6) is 0. The molecule has 0 spiro atoms. The summed E-state index contributed by atoms with van der Waals surface area (Å²) < 4.78 is 0. The molecular weight excluding hydrogens is 230 g/mol. The molecule has 0 unspecified atom stereocenters. The fourth-order valence-corrected chi connectivity index (χ4v) is 1.62. The highest BCUT2D eigenvalue weighted by atomic mass is 32.1. The first-order chi connectivity index (χ1) is 8.18. The third kappa shape index (κ3) is 2.60. The SMILES string of the molecule is CN(/N=C/c1cccc2ccccc12)C(N)=S. The van der Waals surface area contributed by atoms with Crippen LogP contribution < -0.4 is 5.73 Å². The molecule has 0 atom stereocenters. The summed E-state index contributed by atoms with van der Waals surface area (Å²) in [6.45, 7) is 0. The minimum atomic E-state index is 0.251. The average molecular weight is 243 g/mol. The molecule has 0 aromatic heterocycles. The molecule has 0 radical (unpaired) electrons. The predicted octanol–water partition coefficient (Wildman–Crippen LogP) is 2.35. The molecule has 0 saturated carbocycles. The van der Waals surface area contributed by atoms with Gasteiger partial charge in [0.25, 0.3) is 0 Å². The van der Waals surface area contributed by atoms with Crippen LogP contribution in [0.25, 0.3) is 10.8 Å². The molecule has 2 aromatic carbocycles. The van der Waals surface area contributed by atoms with Gasteiger partial charge in [0.05, 0.1) is 6.21 Å². The second-order valence-electron chi connectivity index (χ2n) is 3.67. The van der Waals surface area contributed by atoms with Gasteiger partial charge in [-0.15, -0.1) is 0 Å². The van der Waals surface area contributed by atoms with Gasteiger partial charge in [0.2, 0.25) is 0 Å². The Morgan fingerprint density at radius 1 is 1.24 bits per heavy atom. The fourth-order valence-electron chi connectivity index (χ4n) is 1.57. The summed E-state index contributed by atoms with van der Waals surface area (Å²) >= 11 is 4.82. The highest BCUT2D eigenvalue weighted by Gasteiger charge is 1.98. The second-order valence-corrected chi connectivity index (χ2v) is 4.09. The lowest BCUT2D eigenvalue weighted by Crippen LogP contribution is -2.27. The Kier molecular flexibility index (Phi) is 3.35. The zero-order valence-electron chi connectivity index (χ0n) is 9.50. The number of thiocarbonyl (C=S) groups is 1. The maximum absolute atomic E-state index is 5.46. The summed E-state index contributed by atoms with van der Waals surface area (Å²) in [5, 5.41) is 8.26. The number of hydrazone groups is 1. The van der Waals surface area contributed by atoms with Gasteiger partial charge in [-0.3, -0.25) is 0 Å². The van der Waals surface area contributed by atoms with Crippen molar-refractivity contribution < 1.29 is 0 Å². The van der Waals surface area contributed by atoms with Crippen LogP contribution in [0.1, 0.15) is 5.56 Å². The number of benzene rings is 2. The second kappa shape index (κ2) is 4.93. The molecule has 0 saturated heterocycles. The smallest absolute Gasteiger partial charge is 0.186 e. The van der Waals surface area contributed by atoms with Crippen molar-refractivity contribution >= 4 is 34.3 Å². The lowest BCUT2D eigenvalue weighted by Gasteiger charge is -2.09. The van der Waals surface area contributed by atoms with Crippen LogP contribution in [-0.2, 0) is 0 Å². The molecular formula is C13H13N3S. The molecule has 0 fully saturated rings. The van der Waals surface area contributed by atoms with Crippen molar-refractivity contribution in [3.63, 3.8) is 0 Å². The minimum Gasteiger partial charge on any atom is -0.375 e. The Morgan fingerprint density at radius 2 is 1.94 bits per heavy atom. The Bertz CT molecular complexity index is 572. The van der Waals surface area contributed by atoms with E-state index in [2.05, 4.69) is 23.3 Å². The number of hydrogen-bond acceptors (Lipinski definition) is 2. The highest BCUT2D eigenvalue weighted by molar-refractivity contribution is 7.80. The van der Waals surface area contributed by atoms with Crippen molar-refractivity contribution in [3.05, 3.63) is 48.0 Å². The molecule has 86 valence electrons. The molecule has 2 rings (SSSR count). The number of hydrogen-bond donors (Lipinski definition) is 1. The molecule has 0 aliphatic heterocycles. The van der Waals surface area contributed by atoms with Gasteiger partial charge >= 0.3 is 0 Å². The lowest BCUT2D eigenvalue weighted by atomic mass is 10.1. The van der Waals surface area contributed by atoms with Gasteiger partial charge in [-0.2, -0.15) is 5.10 Å². The summed E-state index contributed by atoms with van der Waals surface area (Å²) in [7, 11) is 1.73. The topological polar surface area (TPSA) is 41.6 Å². The van der Waals surface area contributed by atoms with Crippen molar-refractivity contribution in [3.8, 4) is 0 Å². The van der Waals surface area contributed by atoms with E-state index in [0.29, 0.717) is 0 Å². The molecule has 0 heterocycles. The van der Waals surface area contributed by atoms with Crippen LogP contribution in [0.3, 0.4) is 0 Å². The average Bonchev–Trinajstić information content (AvgIpc) is 2.35. The van der Waals surface area contributed by atoms with Gasteiger partial charge in [0, 0.05) is 12.6 Å². The Labute approximate surface area is 106 Å². The molecule has 3 nitrogen and oxygen atoms in total. The highest BCUT2D eigenvalue weighted by Crippen LogP contribution is 2.16. The molecule has 2 aromatic rings. The van der Waals surface area contributed by atoms with Crippen molar-refractivity contribution in [2.24, 2.45) is 10.8 Å². The molecule has 0 bridgehead atoms. The van der Waals surface area contributed by atoms with Gasteiger partial charge in [0.1, 0.15) is 0 Å². The maximum Gasteiger partial charge on any atom is 0.186 e. The van der Waals surface area contributed by atoms with Crippen LogP contribution in [0.4, 0.5) is 0 Å². The van der Waals surface area contributed by atoms with E-state index in [4.69, 9.17) is 18.0 Å². The number of rotatable bonds is 2. The minimum absolute atomic E-state index is 0.251. The van der Waals surface area contributed by atoms with Gasteiger partial charge in [-0.25, -0.2) is 5.01 Å². The normalized spacial score (nSPS) is 10.9.